The van der Waals surface area contributed by atoms with Crippen molar-refractivity contribution in [1.82, 2.24) is 0 Å². The maximum absolute atomic E-state index is 11.9. The molecule has 0 aromatic heterocycles. The molecule has 0 amide bonds. The fourth-order valence-electron chi connectivity index (χ4n) is 1.24. The van der Waals surface area contributed by atoms with Gasteiger partial charge in [-0.3, -0.25) is 4.39 Å². The molecule has 0 aliphatic carbocycles. The topological polar surface area (TPSA) is 35.2 Å². The van der Waals surface area contributed by atoms with Gasteiger partial charge in [-0.1, -0.05) is 11.6 Å². The lowest BCUT2D eigenvalue weighted by Crippen LogP contribution is -2.09. The molecular weight excluding hydrogens is 217 g/mol. The molecule has 1 aromatic rings. The molecule has 0 heterocycles. The Balaban J connectivity index is 2.77. The summed E-state index contributed by atoms with van der Waals surface area (Å²) in [6.07, 6.45) is 0.390. The average Bonchev–Trinajstić information content (AvgIpc) is 2.20. The molecule has 1 aromatic carbocycles. The van der Waals surface area contributed by atoms with E-state index < -0.39 is 0 Å². The van der Waals surface area contributed by atoms with Crippen molar-refractivity contribution in [3.8, 4) is 5.75 Å². The normalized spacial score (nSPS) is 12.5. The molecule has 0 saturated heterocycles. The van der Waals surface area contributed by atoms with Crippen LogP contribution < -0.4 is 10.5 Å². The Morgan fingerprint density at radius 2 is 2.27 bits per heavy atom. The van der Waals surface area contributed by atoms with Gasteiger partial charge in [0.1, 0.15) is 5.75 Å². The predicted octanol–water partition coefficient (Wildman–Crippen LogP) is 3.10. The third-order valence-corrected chi connectivity index (χ3v) is 2.23. The van der Waals surface area contributed by atoms with Crippen LogP contribution in [-0.2, 0) is 0 Å². The largest absolute Gasteiger partial charge is 0.493 e. The Kier molecular flexibility index (Phi) is 4.85. The summed E-state index contributed by atoms with van der Waals surface area (Å²) in [6.45, 7) is 1.84. The first-order valence-corrected chi connectivity index (χ1v) is 5.26. The number of hydrogen-bond acceptors (Lipinski definition) is 2. The summed E-state index contributed by atoms with van der Waals surface area (Å²) in [5, 5.41) is 0.625. The van der Waals surface area contributed by atoms with Crippen molar-refractivity contribution in [3.05, 3.63) is 28.8 Å². The van der Waals surface area contributed by atoms with Crippen molar-refractivity contribution in [1.29, 1.82) is 0 Å². The van der Waals surface area contributed by atoms with Crippen molar-refractivity contribution >= 4 is 11.6 Å². The van der Waals surface area contributed by atoms with Crippen molar-refractivity contribution in [2.75, 3.05) is 13.3 Å². The number of halogens is 2. The molecule has 0 spiro atoms. The zero-order chi connectivity index (χ0) is 11.3. The van der Waals surface area contributed by atoms with Crippen LogP contribution >= 0.6 is 11.6 Å². The van der Waals surface area contributed by atoms with E-state index >= 15 is 0 Å². The van der Waals surface area contributed by atoms with E-state index in [0.29, 0.717) is 23.8 Å². The number of ether oxygens (including phenoxy) is 1. The minimum atomic E-state index is -0.374. The van der Waals surface area contributed by atoms with Gasteiger partial charge in [0, 0.05) is 23.0 Å². The Labute approximate surface area is 94.2 Å². The van der Waals surface area contributed by atoms with Gasteiger partial charge in [-0.05, 0) is 25.1 Å². The minimum absolute atomic E-state index is 0.149. The minimum Gasteiger partial charge on any atom is -0.493 e. The molecule has 0 bridgehead atoms. The number of alkyl halides is 1. The molecule has 1 atom stereocenters. The lowest BCUT2D eigenvalue weighted by Gasteiger charge is -2.13. The molecule has 0 unspecified atom stereocenters. The van der Waals surface area contributed by atoms with Crippen LogP contribution in [0.2, 0.25) is 5.02 Å². The highest BCUT2D eigenvalue weighted by atomic mass is 35.5. The lowest BCUT2D eigenvalue weighted by atomic mass is 10.1. The van der Waals surface area contributed by atoms with Gasteiger partial charge in [0.05, 0.1) is 13.3 Å². The maximum Gasteiger partial charge on any atom is 0.124 e. The van der Waals surface area contributed by atoms with Crippen LogP contribution in [0.1, 0.15) is 24.9 Å². The third-order valence-electron chi connectivity index (χ3n) is 2.00. The first-order valence-electron chi connectivity index (χ1n) is 4.89. The Morgan fingerprint density at radius 3 is 2.87 bits per heavy atom. The number of nitrogens with two attached hydrogens (primary N) is 1. The van der Waals surface area contributed by atoms with Gasteiger partial charge in [-0.2, -0.15) is 0 Å². The van der Waals surface area contributed by atoms with Crippen LogP contribution in [-0.4, -0.2) is 13.3 Å². The van der Waals surface area contributed by atoms with E-state index in [0.717, 1.165) is 5.56 Å². The zero-order valence-corrected chi connectivity index (χ0v) is 9.43. The van der Waals surface area contributed by atoms with E-state index in [4.69, 9.17) is 22.1 Å². The van der Waals surface area contributed by atoms with Crippen LogP contribution in [0.3, 0.4) is 0 Å². The van der Waals surface area contributed by atoms with Gasteiger partial charge in [-0.15, -0.1) is 0 Å². The van der Waals surface area contributed by atoms with Crippen molar-refractivity contribution in [2.24, 2.45) is 5.73 Å². The standard InChI is InChI=1S/C11H15ClFNO/c1-8(14)10-7-9(12)3-4-11(10)15-6-2-5-13/h3-4,7-8H,2,5-6,14H2,1H3/t8-/m1/s1. The van der Waals surface area contributed by atoms with Crippen LogP contribution in [0, 0.1) is 0 Å². The molecule has 0 saturated carbocycles. The van der Waals surface area contributed by atoms with E-state index in [-0.39, 0.29) is 12.7 Å². The van der Waals surface area contributed by atoms with Crippen molar-refractivity contribution in [3.63, 3.8) is 0 Å². The first kappa shape index (κ1) is 12.3. The monoisotopic (exact) mass is 231 g/mol. The zero-order valence-electron chi connectivity index (χ0n) is 8.67. The summed E-state index contributed by atoms with van der Waals surface area (Å²) in [6, 6.07) is 5.12. The summed E-state index contributed by atoms with van der Waals surface area (Å²) >= 11 is 5.85. The Morgan fingerprint density at radius 1 is 1.53 bits per heavy atom. The van der Waals surface area contributed by atoms with Gasteiger partial charge in [0.25, 0.3) is 0 Å². The molecular formula is C11H15ClFNO. The maximum atomic E-state index is 11.9. The van der Waals surface area contributed by atoms with Gasteiger partial charge in [-0.25, -0.2) is 0 Å². The molecule has 1 rings (SSSR count). The van der Waals surface area contributed by atoms with Crippen LogP contribution in [0.5, 0.6) is 5.75 Å². The molecule has 0 aliphatic heterocycles. The summed E-state index contributed by atoms with van der Waals surface area (Å²) in [4.78, 5) is 0. The Hall–Kier alpha value is -0.800. The second-order valence-electron chi connectivity index (χ2n) is 3.36. The molecule has 15 heavy (non-hydrogen) atoms. The molecule has 2 nitrogen and oxygen atoms in total. The van der Waals surface area contributed by atoms with Gasteiger partial charge in [0.2, 0.25) is 0 Å². The predicted molar refractivity (Wildman–Crippen MR) is 60.1 cm³/mol. The summed E-state index contributed by atoms with van der Waals surface area (Å²) < 4.78 is 17.3. The van der Waals surface area contributed by atoms with Crippen LogP contribution in [0.4, 0.5) is 4.39 Å². The molecule has 4 heteroatoms. The Bertz CT molecular complexity index is 317. The van der Waals surface area contributed by atoms with E-state index in [1.165, 1.54) is 0 Å². The molecule has 0 fully saturated rings. The molecule has 2 N–H and O–H groups in total. The molecule has 0 aliphatic rings. The lowest BCUT2D eigenvalue weighted by molar-refractivity contribution is 0.286. The summed E-state index contributed by atoms with van der Waals surface area (Å²) in [5.74, 6) is 0.683. The van der Waals surface area contributed by atoms with Gasteiger partial charge < -0.3 is 10.5 Å². The van der Waals surface area contributed by atoms with E-state index in [1.807, 2.05) is 6.92 Å². The SMILES string of the molecule is C[C@@H](N)c1cc(Cl)ccc1OCCCF. The highest BCUT2D eigenvalue weighted by Gasteiger charge is 2.08. The van der Waals surface area contributed by atoms with E-state index in [1.54, 1.807) is 18.2 Å². The number of hydrogen-bond donors (Lipinski definition) is 1. The van der Waals surface area contributed by atoms with Crippen molar-refractivity contribution < 1.29 is 9.13 Å². The second kappa shape index (κ2) is 5.93. The fourth-order valence-corrected chi connectivity index (χ4v) is 1.42. The smallest absolute Gasteiger partial charge is 0.124 e. The van der Waals surface area contributed by atoms with Crippen LogP contribution in [0.25, 0.3) is 0 Å². The van der Waals surface area contributed by atoms with E-state index in [9.17, 15) is 4.39 Å². The number of benzene rings is 1. The summed E-state index contributed by atoms with van der Waals surface area (Å²) in [7, 11) is 0. The molecule has 0 radical (unpaired) electrons. The van der Waals surface area contributed by atoms with Crippen LogP contribution in [0.15, 0.2) is 18.2 Å². The van der Waals surface area contributed by atoms with Gasteiger partial charge in [0.15, 0.2) is 0 Å². The average molecular weight is 232 g/mol. The molecule has 84 valence electrons. The van der Waals surface area contributed by atoms with Gasteiger partial charge >= 0.3 is 0 Å². The highest BCUT2D eigenvalue weighted by Crippen LogP contribution is 2.27. The second-order valence-corrected chi connectivity index (χ2v) is 3.80. The van der Waals surface area contributed by atoms with Crippen molar-refractivity contribution in [2.45, 2.75) is 19.4 Å². The number of rotatable bonds is 5. The third kappa shape index (κ3) is 3.68. The highest BCUT2D eigenvalue weighted by molar-refractivity contribution is 6.30. The first-order chi connectivity index (χ1) is 7.15. The quantitative estimate of drug-likeness (QED) is 0.791. The van der Waals surface area contributed by atoms with E-state index in [2.05, 4.69) is 0 Å². The summed E-state index contributed by atoms with van der Waals surface area (Å²) in [5.41, 5.74) is 6.62. The fraction of sp³-hybridized carbons (Fsp3) is 0.455.